The van der Waals surface area contributed by atoms with Crippen molar-refractivity contribution in [3.8, 4) is 11.5 Å². The topological polar surface area (TPSA) is 27.1 Å². The number of ether oxygens (including phenoxy) is 1. The number of aryl methyl sites for hydroxylation is 2. The maximum atomic E-state index is 5.86. The second-order valence-corrected chi connectivity index (χ2v) is 4.56. The number of rotatable bonds is 3. The van der Waals surface area contributed by atoms with Gasteiger partial charge in [0.2, 0.25) is 0 Å². The summed E-state index contributed by atoms with van der Waals surface area (Å²) < 4.78 is 7.69. The third kappa shape index (κ3) is 2.52. The number of hydrogen-bond acceptors (Lipinski definition) is 2. The quantitative estimate of drug-likeness (QED) is 0.807. The molecule has 3 nitrogen and oxygen atoms in total. The molecule has 2 aromatic rings. The zero-order valence-electron chi connectivity index (χ0n) is 10.2. The SMILES string of the molecule is Cc1nn(C)c(C)c1Oc1ccc(CBr)cc1. The fourth-order valence-electron chi connectivity index (χ4n) is 1.67. The summed E-state index contributed by atoms with van der Waals surface area (Å²) >= 11 is 3.42. The molecule has 2 rings (SSSR count). The summed E-state index contributed by atoms with van der Waals surface area (Å²) in [7, 11) is 1.92. The molecule has 0 fully saturated rings. The van der Waals surface area contributed by atoms with Crippen LogP contribution in [0.5, 0.6) is 11.5 Å². The highest BCUT2D eigenvalue weighted by Gasteiger charge is 2.11. The van der Waals surface area contributed by atoms with Crippen molar-refractivity contribution in [2.45, 2.75) is 19.2 Å². The third-order valence-corrected chi connectivity index (χ3v) is 3.39. The van der Waals surface area contributed by atoms with Crippen molar-refractivity contribution in [2.75, 3.05) is 0 Å². The lowest BCUT2D eigenvalue weighted by Crippen LogP contribution is -1.93. The minimum Gasteiger partial charge on any atom is -0.453 e. The predicted molar refractivity (Wildman–Crippen MR) is 71.8 cm³/mol. The molecule has 1 heterocycles. The molecule has 0 bridgehead atoms. The number of benzene rings is 1. The van der Waals surface area contributed by atoms with Crippen LogP contribution in [-0.2, 0) is 12.4 Å². The Bertz CT molecular complexity index is 517. The highest BCUT2D eigenvalue weighted by molar-refractivity contribution is 9.08. The Kier molecular flexibility index (Phi) is 3.52. The minimum atomic E-state index is 0.842. The summed E-state index contributed by atoms with van der Waals surface area (Å²) in [5.41, 5.74) is 3.18. The Hall–Kier alpha value is -1.29. The van der Waals surface area contributed by atoms with Crippen LogP contribution in [-0.4, -0.2) is 9.78 Å². The van der Waals surface area contributed by atoms with Crippen LogP contribution < -0.4 is 4.74 Å². The molecule has 0 spiro atoms. The second-order valence-electron chi connectivity index (χ2n) is 4.00. The molecule has 0 radical (unpaired) electrons. The van der Waals surface area contributed by atoms with E-state index < -0.39 is 0 Å². The van der Waals surface area contributed by atoms with Crippen LogP contribution in [0.4, 0.5) is 0 Å². The molecule has 0 amide bonds. The summed E-state index contributed by atoms with van der Waals surface area (Å²) in [5.74, 6) is 1.69. The molecule has 0 atom stereocenters. The number of alkyl halides is 1. The van der Waals surface area contributed by atoms with Gasteiger partial charge in [0.05, 0.1) is 5.69 Å². The highest BCUT2D eigenvalue weighted by Crippen LogP contribution is 2.28. The molecule has 0 N–H and O–H groups in total. The third-order valence-electron chi connectivity index (χ3n) is 2.74. The maximum Gasteiger partial charge on any atom is 0.171 e. The molecule has 1 aromatic heterocycles. The molecule has 17 heavy (non-hydrogen) atoms. The highest BCUT2D eigenvalue weighted by atomic mass is 79.9. The summed E-state index contributed by atoms with van der Waals surface area (Å²) in [6, 6.07) is 8.04. The Morgan fingerprint density at radius 2 is 1.88 bits per heavy atom. The molecule has 0 saturated carbocycles. The van der Waals surface area contributed by atoms with E-state index in [0.29, 0.717) is 0 Å². The number of nitrogens with zero attached hydrogens (tertiary/aromatic N) is 2. The van der Waals surface area contributed by atoms with Gasteiger partial charge in [0, 0.05) is 12.4 Å². The van der Waals surface area contributed by atoms with E-state index in [1.54, 1.807) is 0 Å². The smallest absolute Gasteiger partial charge is 0.171 e. The van der Waals surface area contributed by atoms with Crippen molar-refractivity contribution in [1.82, 2.24) is 9.78 Å². The van der Waals surface area contributed by atoms with Gasteiger partial charge in [-0.25, -0.2) is 0 Å². The van der Waals surface area contributed by atoms with E-state index in [0.717, 1.165) is 28.2 Å². The zero-order valence-corrected chi connectivity index (χ0v) is 11.8. The van der Waals surface area contributed by atoms with E-state index in [1.165, 1.54) is 5.56 Å². The fraction of sp³-hybridized carbons (Fsp3) is 0.308. The second kappa shape index (κ2) is 4.92. The van der Waals surface area contributed by atoms with Crippen molar-refractivity contribution >= 4 is 15.9 Å². The van der Waals surface area contributed by atoms with Crippen LogP contribution in [0.2, 0.25) is 0 Å². The molecule has 0 saturated heterocycles. The van der Waals surface area contributed by atoms with E-state index in [4.69, 9.17) is 4.74 Å². The van der Waals surface area contributed by atoms with Crippen LogP contribution >= 0.6 is 15.9 Å². The summed E-state index contributed by atoms with van der Waals surface area (Å²) in [4.78, 5) is 0. The largest absolute Gasteiger partial charge is 0.453 e. The van der Waals surface area contributed by atoms with Crippen LogP contribution in [0.1, 0.15) is 17.0 Å². The Labute approximate surface area is 110 Å². The Morgan fingerprint density at radius 3 is 2.35 bits per heavy atom. The molecular formula is C13H15BrN2O. The first kappa shape index (κ1) is 12.2. The van der Waals surface area contributed by atoms with Gasteiger partial charge in [0.25, 0.3) is 0 Å². The van der Waals surface area contributed by atoms with Crippen molar-refractivity contribution in [3.05, 3.63) is 41.2 Å². The number of aromatic nitrogens is 2. The Balaban J connectivity index is 2.25. The van der Waals surface area contributed by atoms with E-state index >= 15 is 0 Å². The minimum absolute atomic E-state index is 0.842. The van der Waals surface area contributed by atoms with Gasteiger partial charge in [0.15, 0.2) is 5.75 Å². The standard InChI is InChI=1S/C13H15BrN2O/c1-9-13(10(2)16(3)15-9)17-12-6-4-11(8-14)5-7-12/h4-7H,8H2,1-3H3. The van der Waals surface area contributed by atoms with Gasteiger partial charge < -0.3 is 4.74 Å². The number of hydrogen-bond donors (Lipinski definition) is 0. The average molecular weight is 295 g/mol. The van der Waals surface area contributed by atoms with E-state index in [-0.39, 0.29) is 0 Å². The maximum absolute atomic E-state index is 5.86. The lowest BCUT2D eigenvalue weighted by atomic mass is 10.2. The van der Waals surface area contributed by atoms with E-state index in [1.807, 2.05) is 49.8 Å². The molecule has 0 aliphatic heterocycles. The predicted octanol–water partition coefficient (Wildman–Crippen LogP) is 3.72. The van der Waals surface area contributed by atoms with Gasteiger partial charge in [-0.1, -0.05) is 28.1 Å². The van der Waals surface area contributed by atoms with Crippen LogP contribution in [0.25, 0.3) is 0 Å². The van der Waals surface area contributed by atoms with Gasteiger partial charge in [0.1, 0.15) is 11.4 Å². The van der Waals surface area contributed by atoms with Gasteiger partial charge >= 0.3 is 0 Å². The number of halogens is 1. The van der Waals surface area contributed by atoms with Gasteiger partial charge in [-0.2, -0.15) is 5.10 Å². The van der Waals surface area contributed by atoms with Crippen LogP contribution in [0.15, 0.2) is 24.3 Å². The van der Waals surface area contributed by atoms with Crippen molar-refractivity contribution in [2.24, 2.45) is 7.05 Å². The zero-order chi connectivity index (χ0) is 12.4. The van der Waals surface area contributed by atoms with Crippen molar-refractivity contribution < 1.29 is 4.74 Å². The molecule has 0 unspecified atom stereocenters. The van der Waals surface area contributed by atoms with Gasteiger partial charge in [-0.3, -0.25) is 4.68 Å². The molecule has 4 heteroatoms. The molecule has 0 aliphatic carbocycles. The first-order valence-corrected chi connectivity index (χ1v) is 6.57. The van der Waals surface area contributed by atoms with E-state index in [2.05, 4.69) is 21.0 Å². The van der Waals surface area contributed by atoms with Gasteiger partial charge in [-0.05, 0) is 31.5 Å². The Morgan fingerprint density at radius 1 is 1.24 bits per heavy atom. The van der Waals surface area contributed by atoms with E-state index in [9.17, 15) is 0 Å². The first-order chi connectivity index (χ1) is 8.11. The average Bonchev–Trinajstić information content (AvgIpc) is 2.57. The lowest BCUT2D eigenvalue weighted by Gasteiger charge is -2.06. The summed E-state index contributed by atoms with van der Waals surface area (Å²) in [6.45, 7) is 3.96. The summed E-state index contributed by atoms with van der Waals surface area (Å²) in [6.07, 6.45) is 0. The van der Waals surface area contributed by atoms with Crippen molar-refractivity contribution in [1.29, 1.82) is 0 Å². The molecule has 0 aliphatic rings. The summed E-state index contributed by atoms with van der Waals surface area (Å²) in [5, 5.41) is 5.18. The van der Waals surface area contributed by atoms with Crippen molar-refractivity contribution in [3.63, 3.8) is 0 Å². The van der Waals surface area contributed by atoms with Crippen LogP contribution in [0, 0.1) is 13.8 Å². The molecular weight excluding hydrogens is 280 g/mol. The molecule has 1 aromatic carbocycles. The normalized spacial score (nSPS) is 10.6. The van der Waals surface area contributed by atoms with Gasteiger partial charge in [-0.15, -0.1) is 0 Å². The van der Waals surface area contributed by atoms with Crippen LogP contribution in [0.3, 0.4) is 0 Å². The monoisotopic (exact) mass is 294 g/mol. The molecule has 90 valence electrons. The first-order valence-electron chi connectivity index (χ1n) is 5.44. The fourth-order valence-corrected chi connectivity index (χ4v) is 2.04. The lowest BCUT2D eigenvalue weighted by molar-refractivity contribution is 0.474.